The van der Waals surface area contributed by atoms with Crippen molar-refractivity contribution in [2.24, 2.45) is 0 Å². The van der Waals surface area contributed by atoms with Crippen molar-refractivity contribution in [2.45, 2.75) is 45.3 Å². The number of likely N-dealkylation sites (tertiary alicyclic amines) is 1. The van der Waals surface area contributed by atoms with Crippen molar-refractivity contribution in [1.82, 2.24) is 15.0 Å². The molecule has 2 heterocycles. The molecular weight excluding hydrogens is 260 g/mol. The molecule has 0 aliphatic carbocycles. The SMILES string of the molecule is CN(C)c1noc([C@H]2CCCN2C(=O)OC(C)(C)C)n1. The van der Waals surface area contributed by atoms with Crippen LogP contribution in [0.5, 0.6) is 0 Å². The summed E-state index contributed by atoms with van der Waals surface area (Å²) in [6, 6.07) is -0.189. The van der Waals surface area contributed by atoms with E-state index >= 15 is 0 Å². The zero-order chi connectivity index (χ0) is 14.9. The summed E-state index contributed by atoms with van der Waals surface area (Å²) in [6.07, 6.45) is 1.39. The largest absolute Gasteiger partial charge is 0.444 e. The van der Waals surface area contributed by atoms with Crippen LogP contribution in [0.25, 0.3) is 0 Å². The van der Waals surface area contributed by atoms with Crippen LogP contribution in [0.1, 0.15) is 45.5 Å². The minimum absolute atomic E-state index is 0.189. The van der Waals surface area contributed by atoms with Gasteiger partial charge in [0.25, 0.3) is 11.8 Å². The van der Waals surface area contributed by atoms with Crippen LogP contribution in [0.2, 0.25) is 0 Å². The normalized spacial score (nSPS) is 19.2. The molecule has 0 aromatic carbocycles. The standard InChI is InChI=1S/C13H22N4O3/c1-13(2,3)19-12(18)17-8-6-7-9(17)10-14-11(15-20-10)16(4)5/h9H,6-8H2,1-5H3/t9-/m1/s1. The van der Waals surface area contributed by atoms with Gasteiger partial charge in [0, 0.05) is 20.6 Å². The predicted molar refractivity (Wildman–Crippen MR) is 73.5 cm³/mol. The van der Waals surface area contributed by atoms with Crippen molar-refractivity contribution >= 4 is 12.0 Å². The van der Waals surface area contributed by atoms with Crippen LogP contribution in [0.15, 0.2) is 4.52 Å². The van der Waals surface area contributed by atoms with E-state index in [-0.39, 0.29) is 12.1 Å². The molecule has 0 saturated carbocycles. The first kappa shape index (κ1) is 14.6. The summed E-state index contributed by atoms with van der Waals surface area (Å²) < 4.78 is 10.7. The highest BCUT2D eigenvalue weighted by Crippen LogP contribution is 2.32. The molecule has 1 amide bonds. The van der Waals surface area contributed by atoms with Gasteiger partial charge < -0.3 is 14.2 Å². The molecule has 1 aliphatic heterocycles. The van der Waals surface area contributed by atoms with Gasteiger partial charge in [-0.1, -0.05) is 0 Å². The Labute approximate surface area is 118 Å². The number of aromatic nitrogens is 2. The van der Waals surface area contributed by atoms with Gasteiger partial charge >= 0.3 is 6.09 Å². The third-order valence-corrected chi connectivity index (χ3v) is 3.00. The number of hydrogen-bond acceptors (Lipinski definition) is 6. The lowest BCUT2D eigenvalue weighted by Crippen LogP contribution is -2.36. The topological polar surface area (TPSA) is 71.7 Å². The van der Waals surface area contributed by atoms with Gasteiger partial charge in [0.2, 0.25) is 0 Å². The van der Waals surface area contributed by atoms with Crippen LogP contribution < -0.4 is 4.90 Å². The first-order chi connectivity index (χ1) is 9.28. The molecule has 2 rings (SSSR count). The summed E-state index contributed by atoms with van der Waals surface area (Å²) >= 11 is 0. The van der Waals surface area contributed by atoms with E-state index in [9.17, 15) is 4.79 Å². The Bertz CT molecular complexity index is 478. The van der Waals surface area contributed by atoms with Crippen LogP contribution in [0.3, 0.4) is 0 Å². The zero-order valence-corrected chi connectivity index (χ0v) is 12.7. The van der Waals surface area contributed by atoms with Crippen LogP contribution in [-0.4, -0.2) is 47.4 Å². The zero-order valence-electron chi connectivity index (χ0n) is 12.7. The number of ether oxygens (including phenoxy) is 1. The van der Waals surface area contributed by atoms with Crippen LogP contribution >= 0.6 is 0 Å². The number of rotatable bonds is 2. The molecule has 0 unspecified atom stereocenters. The smallest absolute Gasteiger partial charge is 0.410 e. The lowest BCUT2D eigenvalue weighted by atomic mass is 10.2. The third-order valence-electron chi connectivity index (χ3n) is 3.00. The highest BCUT2D eigenvalue weighted by atomic mass is 16.6. The van der Waals surface area contributed by atoms with Gasteiger partial charge in [0.1, 0.15) is 11.6 Å². The van der Waals surface area contributed by atoms with Crippen LogP contribution in [0.4, 0.5) is 10.7 Å². The first-order valence-corrected chi connectivity index (χ1v) is 6.78. The maximum absolute atomic E-state index is 12.2. The molecule has 0 spiro atoms. The predicted octanol–water partition coefficient (Wildman–Crippen LogP) is 2.21. The van der Waals surface area contributed by atoms with E-state index in [4.69, 9.17) is 9.26 Å². The highest BCUT2D eigenvalue weighted by molar-refractivity contribution is 5.69. The Kier molecular flexibility index (Phi) is 3.87. The number of amides is 1. The fourth-order valence-electron chi connectivity index (χ4n) is 2.11. The molecule has 1 fully saturated rings. The Balaban J connectivity index is 2.12. The van der Waals surface area contributed by atoms with Gasteiger partial charge in [-0.3, -0.25) is 4.90 Å². The van der Waals surface area contributed by atoms with Crippen LogP contribution in [-0.2, 0) is 4.74 Å². The van der Waals surface area contributed by atoms with E-state index in [0.29, 0.717) is 18.4 Å². The third kappa shape index (κ3) is 3.20. The quantitative estimate of drug-likeness (QED) is 0.828. The molecule has 1 atom stereocenters. The molecule has 7 nitrogen and oxygen atoms in total. The molecule has 0 bridgehead atoms. The summed E-state index contributed by atoms with van der Waals surface area (Å²) in [4.78, 5) is 19.9. The lowest BCUT2D eigenvalue weighted by molar-refractivity contribution is 0.0199. The number of hydrogen-bond donors (Lipinski definition) is 0. The van der Waals surface area contributed by atoms with Crippen molar-refractivity contribution in [1.29, 1.82) is 0 Å². The van der Waals surface area contributed by atoms with Crippen molar-refractivity contribution in [3.05, 3.63) is 5.89 Å². The Morgan fingerprint density at radius 2 is 2.15 bits per heavy atom. The second-order valence-electron chi connectivity index (χ2n) is 6.16. The molecule has 0 radical (unpaired) electrons. The van der Waals surface area contributed by atoms with Crippen molar-refractivity contribution < 1.29 is 14.1 Å². The maximum Gasteiger partial charge on any atom is 0.410 e. The summed E-state index contributed by atoms with van der Waals surface area (Å²) in [5.74, 6) is 0.980. The second-order valence-corrected chi connectivity index (χ2v) is 6.16. The first-order valence-electron chi connectivity index (χ1n) is 6.78. The number of carbonyl (C=O) groups is 1. The van der Waals surface area contributed by atoms with E-state index in [1.54, 1.807) is 9.80 Å². The summed E-state index contributed by atoms with van der Waals surface area (Å²) in [5, 5.41) is 3.89. The monoisotopic (exact) mass is 282 g/mol. The number of nitrogens with zero attached hydrogens (tertiary/aromatic N) is 4. The van der Waals surface area contributed by atoms with Gasteiger partial charge in [-0.25, -0.2) is 4.79 Å². The number of anilines is 1. The number of carbonyl (C=O) groups excluding carboxylic acids is 1. The molecule has 1 saturated heterocycles. The second kappa shape index (κ2) is 5.30. The Morgan fingerprint density at radius 3 is 2.70 bits per heavy atom. The van der Waals surface area contributed by atoms with Gasteiger partial charge in [0.05, 0.1) is 0 Å². The molecule has 0 N–H and O–H groups in total. The Hall–Kier alpha value is -1.79. The lowest BCUT2D eigenvalue weighted by Gasteiger charge is -2.26. The average molecular weight is 282 g/mol. The molecule has 1 aliphatic rings. The molecule has 112 valence electrons. The maximum atomic E-state index is 12.2. The fraction of sp³-hybridized carbons (Fsp3) is 0.769. The molecule has 1 aromatic heterocycles. The van der Waals surface area contributed by atoms with E-state index < -0.39 is 5.60 Å². The van der Waals surface area contributed by atoms with Crippen LogP contribution in [0, 0.1) is 0 Å². The molecule has 7 heteroatoms. The van der Waals surface area contributed by atoms with Gasteiger partial charge in [-0.15, -0.1) is 0 Å². The van der Waals surface area contributed by atoms with E-state index in [1.165, 1.54) is 0 Å². The minimum Gasteiger partial charge on any atom is -0.444 e. The minimum atomic E-state index is -0.506. The van der Waals surface area contributed by atoms with Gasteiger partial charge in [0.15, 0.2) is 0 Å². The van der Waals surface area contributed by atoms with Crippen molar-refractivity contribution in [2.75, 3.05) is 25.5 Å². The van der Waals surface area contributed by atoms with E-state index in [0.717, 1.165) is 12.8 Å². The summed E-state index contributed by atoms with van der Waals surface area (Å²) in [5.41, 5.74) is -0.506. The van der Waals surface area contributed by atoms with Gasteiger partial charge in [-0.2, -0.15) is 4.98 Å². The van der Waals surface area contributed by atoms with E-state index in [2.05, 4.69) is 10.1 Å². The molecular formula is C13H22N4O3. The van der Waals surface area contributed by atoms with Gasteiger partial charge in [-0.05, 0) is 38.8 Å². The molecule has 20 heavy (non-hydrogen) atoms. The summed E-state index contributed by atoms with van der Waals surface area (Å²) in [7, 11) is 3.68. The average Bonchev–Trinajstić information content (AvgIpc) is 2.95. The fourth-order valence-corrected chi connectivity index (χ4v) is 2.11. The summed E-state index contributed by atoms with van der Waals surface area (Å²) in [6.45, 7) is 6.21. The molecule has 1 aromatic rings. The van der Waals surface area contributed by atoms with E-state index in [1.807, 2.05) is 34.9 Å². The van der Waals surface area contributed by atoms with Crippen molar-refractivity contribution in [3.8, 4) is 0 Å². The highest BCUT2D eigenvalue weighted by Gasteiger charge is 2.36. The van der Waals surface area contributed by atoms with Crippen molar-refractivity contribution in [3.63, 3.8) is 0 Å². The Morgan fingerprint density at radius 1 is 1.45 bits per heavy atom.